The van der Waals surface area contributed by atoms with Crippen LogP contribution in [0.4, 0.5) is 15.8 Å². The zero-order chi connectivity index (χ0) is 16.2. The van der Waals surface area contributed by atoms with Crippen LogP contribution in [-0.2, 0) is 4.79 Å². The number of carboxylic acid groups (broad SMARTS) is 1. The molecule has 0 saturated carbocycles. The molecule has 1 aromatic rings. The molecule has 0 radical (unpaired) electrons. The first-order valence-electron chi connectivity index (χ1n) is 6.26. The zero-order valence-corrected chi connectivity index (χ0v) is 11.9. The van der Waals surface area contributed by atoms with Crippen molar-refractivity contribution in [2.45, 2.75) is 13.8 Å². The van der Waals surface area contributed by atoms with Crippen LogP contribution in [0.3, 0.4) is 0 Å². The van der Waals surface area contributed by atoms with Crippen molar-refractivity contribution in [3.63, 3.8) is 0 Å². The Labute approximate surface area is 120 Å². The Balaban J connectivity index is 3.06. The van der Waals surface area contributed by atoms with Crippen LogP contribution in [0.1, 0.15) is 13.8 Å². The summed E-state index contributed by atoms with van der Waals surface area (Å²) >= 11 is 0. The number of ether oxygens (including phenoxy) is 1. The summed E-state index contributed by atoms with van der Waals surface area (Å²) in [7, 11) is 1.24. The van der Waals surface area contributed by atoms with Crippen molar-refractivity contribution >= 4 is 17.3 Å². The lowest BCUT2D eigenvalue weighted by molar-refractivity contribution is -0.384. The Morgan fingerprint density at radius 2 is 2.14 bits per heavy atom. The van der Waals surface area contributed by atoms with Gasteiger partial charge in [0.05, 0.1) is 24.0 Å². The van der Waals surface area contributed by atoms with Gasteiger partial charge in [-0.1, -0.05) is 13.8 Å². The average Bonchev–Trinajstić information content (AvgIpc) is 2.38. The minimum atomic E-state index is -1.01. The van der Waals surface area contributed by atoms with Gasteiger partial charge in [-0.2, -0.15) is 0 Å². The third-order valence-electron chi connectivity index (χ3n) is 3.10. The number of aliphatic carboxylic acids is 1. The van der Waals surface area contributed by atoms with Gasteiger partial charge in [0.25, 0.3) is 5.69 Å². The van der Waals surface area contributed by atoms with Gasteiger partial charge in [-0.05, 0) is 5.92 Å². The minimum absolute atomic E-state index is 0.0113. The maximum atomic E-state index is 13.5. The topological polar surface area (TPSA) is 102 Å². The Morgan fingerprint density at radius 3 is 2.57 bits per heavy atom. The van der Waals surface area contributed by atoms with E-state index < -0.39 is 28.3 Å². The van der Waals surface area contributed by atoms with Crippen LogP contribution in [-0.4, -0.2) is 29.7 Å². The number of anilines is 1. The number of nitrogens with zero attached hydrogens (tertiary/aromatic N) is 1. The molecule has 0 amide bonds. The number of carboxylic acids is 1. The number of hydrogen-bond acceptors (Lipinski definition) is 5. The second-order valence-corrected chi connectivity index (χ2v) is 4.83. The smallest absolute Gasteiger partial charge is 0.308 e. The van der Waals surface area contributed by atoms with Crippen LogP contribution in [0.25, 0.3) is 0 Å². The van der Waals surface area contributed by atoms with Gasteiger partial charge in [0, 0.05) is 12.6 Å². The van der Waals surface area contributed by atoms with Crippen LogP contribution < -0.4 is 10.1 Å². The highest BCUT2D eigenvalue weighted by molar-refractivity contribution is 5.72. The van der Waals surface area contributed by atoms with Gasteiger partial charge in [-0.3, -0.25) is 14.9 Å². The molecule has 0 aliphatic rings. The molecule has 7 nitrogen and oxygen atoms in total. The fraction of sp³-hybridized carbons (Fsp3) is 0.462. The summed E-state index contributed by atoms with van der Waals surface area (Å²) in [5.74, 6) is -2.89. The van der Waals surface area contributed by atoms with Crippen LogP contribution >= 0.6 is 0 Å². The lowest BCUT2D eigenvalue weighted by atomic mass is 9.96. The van der Waals surface area contributed by atoms with Gasteiger partial charge in [0.2, 0.25) is 0 Å². The molecule has 21 heavy (non-hydrogen) atoms. The average molecular weight is 300 g/mol. The Hall–Kier alpha value is -2.38. The van der Waals surface area contributed by atoms with E-state index in [2.05, 4.69) is 5.32 Å². The van der Waals surface area contributed by atoms with E-state index in [1.54, 1.807) is 13.8 Å². The van der Waals surface area contributed by atoms with Gasteiger partial charge >= 0.3 is 5.97 Å². The summed E-state index contributed by atoms with van der Waals surface area (Å²) in [4.78, 5) is 21.3. The summed E-state index contributed by atoms with van der Waals surface area (Å²) in [5, 5.41) is 22.7. The van der Waals surface area contributed by atoms with Crippen molar-refractivity contribution in [1.82, 2.24) is 0 Å². The van der Waals surface area contributed by atoms with Crippen molar-refractivity contribution < 1.29 is 24.0 Å². The van der Waals surface area contributed by atoms with Gasteiger partial charge in [-0.25, -0.2) is 4.39 Å². The summed E-state index contributed by atoms with van der Waals surface area (Å²) in [6, 6.07) is 1.89. The maximum Gasteiger partial charge on any atom is 0.308 e. The fourth-order valence-electron chi connectivity index (χ4n) is 1.82. The van der Waals surface area contributed by atoms with Gasteiger partial charge in [-0.15, -0.1) is 0 Å². The summed E-state index contributed by atoms with van der Waals surface area (Å²) in [6.45, 7) is 3.46. The number of benzene rings is 1. The molecule has 0 fully saturated rings. The van der Waals surface area contributed by atoms with E-state index >= 15 is 0 Å². The van der Waals surface area contributed by atoms with Gasteiger partial charge in [0.15, 0.2) is 11.6 Å². The van der Waals surface area contributed by atoms with Crippen molar-refractivity contribution in [2.75, 3.05) is 19.0 Å². The lowest BCUT2D eigenvalue weighted by Gasteiger charge is -2.17. The summed E-state index contributed by atoms with van der Waals surface area (Å²) < 4.78 is 18.3. The molecule has 0 spiro atoms. The molecule has 0 bridgehead atoms. The molecule has 8 heteroatoms. The molecule has 116 valence electrons. The Bertz CT molecular complexity index is 548. The molecular weight excluding hydrogens is 283 g/mol. The largest absolute Gasteiger partial charge is 0.494 e. The molecule has 2 N–H and O–H groups in total. The van der Waals surface area contributed by atoms with E-state index in [-0.39, 0.29) is 23.9 Å². The quantitative estimate of drug-likeness (QED) is 0.592. The van der Waals surface area contributed by atoms with Crippen LogP contribution in [0.5, 0.6) is 5.75 Å². The van der Waals surface area contributed by atoms with Gasteiger partial charge in [0.1, 0.15) is 5.69 Å². The standard InChI is InChI=1S/C13H17FN2O5/c1-7(2)8(13(17)18)6-15-10-5-12(21-3)9(14)4-11(10)16(19)20/h4-5,7-8,15H,6H2,1-3H3,(H,17,18). The lowest BCUT2D eigenvalue weighted by Crippen LogP contribution is -2.27. The zero-order valence-electron chi connectivity index (χ0n) is 11.9. The van der Waals surface area contributed by atoms with E-state index in [9.17, 15) is 19.3 Å². The highest BCUT2D eigenvalue weighted by atomic mass is 19.1. The van der Waals surface area contributed by atoms with E-state index in [1.807, 2.05) is 0 Å². The first kappa shape index (κ1) is 16.7. The number of carbonyl (C=O) groups is 1. The van der Waals surface area contributed by atoms with E-state index in [0.717, 1.165) is 12.1 Å². The molecule has 0 aliphatic heterocycles. The first-order valence-corrected chi connectivity index (χ1v) is 6.26. The summed E-state index contributed by atoms with van der Waals surface area (Å²) in [6.07, 6.45) is 0. The molecule has 1 aromatic carbocycles. The highest BCUT2D eigenvalue weighted by Crippen LogP contribution is 2.32. The molecule has 1 rings (SSSR count). The van der Waals surface area contributed by atoms with E-state index in [1.165, 1.54) is 7.11 Å². The third kappa shape index (κ3) is 4.04. The molecule has 0 saturated heterocycles. The highest BCUT2D eigenvalue weighted by Gasteiger charge is 2.24. The fourth-order valence-corrected chi connectivity index (χ4v) is 1.82. The maximum absolute atomic E-state index is 13.5. The van der Waals surface area contributed by atoms with Crippen LogP contribution in [0.2, 0.25) is 0 Å². The van der Waals surface area contributed by atoms with Crippen molar-refractivity contribution in [3.05, 3.63) is 28.1 Å². The number of hydrogen-bond donors (Lipinski definition) is 2. The number of rotatable bonds is 7. The SMILES string of the molecule is COc1cc(NCC(C(=O)O)C(C)C)c([N+](=O)[O-])cc1F. The second-order valence-electron chi connectivity index (χ2n) is 4.83. The third-order valence-corrected chi connectivity index (χ3v) is 3.10. The monoisotopic (exact) mass is 300 g/mol. The first-order chi connectivity index (χ1) is 9.77. The second kappa shape index (κ2) is 6.87. The van der Waals surface area contributed by atoms with Crippen molar-refractivity contribution in [3.8, 4) is 5.75 Å². The molecule has 0 aliphatic carbocycles. The minimum Gasteiger partial charge on any atom is -0.494 e. The molecule has 0 aromatic heterocycles. The molecule has 1 atom stereocenters. The van der Waals surface area contributed by atoms with Gasteiger partial charge < -0.3 is 15.2 Å². The normalized spacial score (nSPS) is 12.0. The predicted molar refractivity (Wildman–Crippen MR) is 74.1 cm³/mol. The Morgan fingerprint density at radius 1 is 1.52 bits per heavy atom. The number of nitro benzene ring substituents is 1. The molecule has 0 heterocycles. The van der Waals surface area contributed by atoms with E-state index in [0.29, 0.717) is 0 Å². The summed E-state index contributed by atoms with van der Waals surface area (Å²) in [5.41, 5.74) is -0.452. The number of halogens is 1. The Kier molecular flexibility index (Phi) is 5.45. The molecule has 1 unspecified atom stereocenters. The predicted octanol–water partition coefficient (Wildman–Crippen LogP) is 2.51. The van der Waals surface area contributed by atoms with Crippen LogP contribution in [0, 0.1) is 27.8 Å². The number of methoxy groups -OCH3 is 1. The molecular formula is C13H17FN2O5. The van der Waals surface area contributed by atoms with E-state index in [4.69, 9.17) is 9.84 Å². The van der Waals surface area contributed by atoms with Crippen molar-refractivity contribution in [1.29, 1.82) is 0 Å². The van der Waals surface area contributed by atoms with Crippen LogP contribution in [0.15, 0.2) is 12.1 Å². The number of nitro groups is 1. The number of nitrogens with one attached hydrogen (secondary N) is 1. The van der Waals surface area contributed by atoms with Crippen molar-refractivity contribution in [2.24, 2.45) is 11.8 Å².